The number of benzene rings is 2. The fourth-order valence-corrected chi connectivity index (χ4v) is 2.54. The van der Waals surface area contributed by atoms with Crippen LogP contribution in [0, 0.1) is 0 Å². The average Bonchev–Trinajstić information content (AvgIpc) is 3.40. The van der Waals surface area contributed by atoms with E-state index in [4.69, 9.17) is 25.2 Å². The fraction of sp³-hybridized carbons (Fsp3) is 0.0500. The SMILES string of the molecule is O=C(COc1ccc(Cl)cc1)Nc1ccc(-c2nnc(-c3ccco3)o2)cc1. The van der Waals surface area contributed by atoms with Crippen molar-refractivity contribution in [3.63, 3.8) is 0 Å². The summed E-state index contributed by atoms with van der Waals surface area (Å²) in [6.45, 7) is -0.112. The van der Waals surface area contributed by atoms with Gasteiger partial charge in [-0.3, -0.25) is 4.79 Å². The summed E-state index contributed by atoms with van der Waals surface area (Å²) >= 11 is 5.81. The molecule has 28 heavy (non-hydrogen) atoms. The van der Waals surface area contributed by atoms with Crippen molar-refractivity contribution in [1.29, 1.82) is 0 Å². The van der Waals surface area contributed by atoms with Crippen molar-refractivity contribution in [3.05, 3.63) is 71.9 Å². The number of hydrogen-bond acceptors (Lipinski definition) is 6. The Morgan fingerprint density at radius 2 is 1.75 bits per heavy atom. The monoisotopic (exact) mass is 395 g/mol. The van der Waals surface area contributed by atoms with Crippen LogP contribution in [-0.2, 0) is 4.79 Å². The highest BCUT2D eigenvalue weighted by Crippen LogP contribution is 2.25. The van der Waals surface area contributed by atoms with Gasteiger partial charge in [0.15, 0.2) is 12.4 Å². The highest BCUT2D eigenvalue weighted by atomic mass is 35.5. The fourth-order valence-electron chi connectivity index (χ4n) is 2.41. The van der Waals surface area contributed by atoms with E-state index in [1.54, 1.807) is 60.7 Å². The predicted molar refractivity (Wildman–Crippen MR) is 103 cm³/mol. The first kappa shape index (κ1) is 17.8. The van der Waals surface area contributed by atoms with Gasteiger partial charge in [-0.25, -0.2) is 0 Å². The van der Waals surface area contributed by atoms with E-state index in [0.29, 0.717) is 34.0 Å². The van der Waals surface area contributed by atoms with Gasteiger partial charge in [0.25, 0.3) is 11.8 Å². The minimum Gasteiger partial charge on any atom is -0.484 e. The lowest BCUT2D eigenvalue weighted by molar-refractivity contribution is -0.118. The first-order valence-electron chi connectivity index (χ1n) is 8.33. The summed E-state index contributed by atoms with van der Waals surface area (Å²) in [4.78, 5) is 12.0. The predicted octanol–water partition coefficient (Wildman–Crippen LogP) is 4.67. The van der Waals surface area contributed by atoms with Crippen LogP contribution in [0.2, 0.25) is 5.02 Å². The van der Waals surface area contributed by atoms with Crippen molar-refractivity contribution in [2.24, 2.45) is 0 Å². The summed E-state index contributed by atoms with van der Waals surface area (Å²) in [6, 6.07) is 17.3. The molecular weight excluding hydrogens is 382 g/mol. The van der Waals surface area contributed by atoms with Crippen LogP contribution in [0.25, 0.3) is 23.1 Å². The van der Waals surface area contributed by atoms with Crippen LogP contribution >= 0.6 is 11.6 Å². The van der Waals surface area contributed by atoms with Gasteiger partial charge in [0.2, 0.25) is 5.89 Å². The van der Waals surface area contributed by atoms with Crippen LogP contribution in [0.1, 0.15) is 0 Å². The smallest absolute Gasteiger partial charge is 0.283 e. The molecule has 0 saturated carbocycles. The maximum absolute atomic E-state index is 12.0. The van der Waals surface area contributed by atoms with Crippen molar-refractivity contribution in [2.45, 2.75) is 0 Å². The molecule has 0 radical (unpaired) electrons. The molecular formula is C20H14ClN3O4. The normalized spacial score (nSPS) is 10.6. The van der Waals surface area contributed by atoms with E-state index in [0.717, 1.165) is 5.56 Å². The molecule has 8 heteroatoms. The second-order valence-electron chi connectivity index (χ2n) is 5.76. The van der Waals surface area contributed by atoms with Gasteiger partial charge < -0.3 is 18.9 Å². The van der Waals surface area contributed by atoms with Gasteiger partial charge in [-0.15, -0.1) is 10.2 Å². The number of rotatable bonds is 6. The maximum Gasteiger partial charge on any atom is 0.283 e. The Bertz CT molecular complexity index is 1060. The highest BCUT2D eigenvalue weighted by molar-refractivity contribution is 6.30. The summed E-state index contributed by atoms with van der Waals surface area (Å²) < 4.78 is 16.2. The average molecular weight is 396 g/mol. The largest absolute Gasteiger partial charge is 0.484 e. The molecule has 140 valence electrons. The Morgan fingerprint density at radius 1 is 1.00 bits per heavy atom. The van der Waals surface area contributed by atoms with Crippen LogP contribution in [0.3, 0.4) is 0 Å². The minimum absolute atomic E-state index is 0.112. The molecule has 4 rings (SSSR count). The zero-order valence-corrected chi connectivity index (χ0v) is 15.2. The second-order valence-corrected chi connectivity index (χ2v) is 6.19. The van der Waals surface area contributed by atoms with Crippen LogP contribution in [0.15, 0.2) is 75.8 Å². The van der Waals surface area contributed by atoms with Crippen molar-refractivity contribution < 1.29 is 18.4 Å². The number of anilines is 1. The zero-order chi connectivity index (χ0) is 19.3. The van der Waals surface area contributed by atoms with Gasteiger partial charge >= 0.3 is 0 Å². The van der Waals surface area contributed by atoms with E-state index in [1.165, 1.54) is 6.26 Å². The van der Waals surface area contributed by atoms with E-state index in [2.05, 4.69) is 15.5 Å². The van der Waals surface area contributed by atoms with Crippen LogP contribution in [0.5, 0.6) is 5.75 Å². The van der Waals surface area contributed by atoms with Gasteiger partial charge in [0.05, 0.1) is 6.26 Å². The van der Waals surface area contributed by atoms with Gasteiger partial charge in [0.1, 0.15) is 5.75 Å². The molecule has 0 aliphatic heterocycles. The third kappa shape index (κ3) is 4.21. The molecule has 1 N–H and O–H groups in total. The number of hydrogen-bond donors (Lipinski definition) is 1. The third-order valence-corrected chi connectivity index (χ3v) is 4.01. The molecule has 2 aromatic heterocycles. The number of halogens is 1. The van der Waals surface area contributed by atoms with E-state index < -0.39 is 0 Å². The number of furan rings is 1. The molecule has 0 aliphatic rings. The quantitative estimate of drug-likeness (QED) is 0.510. The molecule has 0 unspecified atom stereocenters. The highest BCUT2D eigenvalue weighted by Gasteiger charge is 2.12. The molecule has 0 spiro atoms. The van der Waals surface area contributed by atoms with E-state index in [-0.39, 0.29) is 12.5 Å². The standard InChI is InChI=1S/C20H14ClN3O4/c21-14-5-9-16(10-6-14)27-12-18(25)22-15-7-3-13(4-8-15)19-23-24-20(28-19)17-2-1-11-26-17/h1-11H,12H2,(H,22,25). The minimum atomic E-state index is -0.277. The molecule has 7 nitrogen and oxygen atoms in total. The van der Waals surface area contributed by atoms with Crippen molar-refractivity contribution >= 4 is 23.2 Å². The van der Waals surface area contributed by atoms with E-state index >= 15 is 0 Å². The third-order valence-electron chi connectivity index (χ3n) is 3.76. The van der Waals surface area contributed by atoms with Gasteiger partial charge in [-0.05, 0) is 60.7 Å². The van der Waals surface area contributed by atoms with Crippen molar-refractivity contribution in [2.75, 3.05) is 11.9 Å². The molecule has 2 aromatic carbocycles. The molecule has 2 heterocycles. The van der Waals surface area contributed by atoms with Gasteiger partial charge in [-0.2, -0.15) is 0 Å². The number of aromatic nitrogens is 2. The van der Waals surface area contributed by atoms with Crippen LogP contribution < -0.4 is 10.1 Å². The summed E-state index contributed by atoms with van der Waals surface area (Å²) in [5.41, 5.74) is 1.35. The molecule has 1 amide bonds. The summed E-state index contributed by atoms with van der Waals surface area (Å²) in [5, 5.41) is 11.3. The maximum atomic E-state index is 12.0. The number of carbonyl (C=O) groups is 1. The van der Waals surface area contributed by atoms with Crippen LogP contribution in [-0.4, -0.2) is 22.7 Å². The first-order valence-corrected chi connectivity index (χ1v) is 8.71. The molecule has 0 fully saturated rings. The Morgan fingerprint density at radius 3 is 2.46 bits per heavy atom. The zero-order valence-electron chi connectivity index (χ0n) is 14.5. The number of nitrogens with one attached hydrogen (secondary N) is 1. The number of nitrogens with zero attached hydrogens (tertiary/aromatic N) is 2. The molecule has 0 aliphatic carbocycles. The number of amides is 1. The second kappa shape index (κ2) is 7.98. The van der Waals surface area contributed by atoms with E-state index in [1.807, 2.05) is 0 Å². The Kier molecular flexibility index (Phi) is 5.07. The lowest BCUT2D eigenvalue weighted by Crippen LogP contribution is -2.20. The number of ether oxygens (including phenoxy) is 1. The molecule has 0 bridgehead atoms. The van der Waals surface area contributed by atoms with Gasteiger partial charge in [-0.1, -0.05) is 11.6 Å². The summed E-state index contributed by atoms with van der Waals surface area (Å²) in [6.07, 6.45) is 1.54. The van der Waals surface area contributed by atoms with Crippen molar-refractivity contribution in [3.8, 4) is 28.9 Å². The summed E-state index contributed by atoms with van der Waals surface area (Å²) in [5.74, 6) is 1.45. The first-order chi connectivity index (χ1) is 13.7. The molecule has 0 saturated heterocycles. The van der Waals surface area contributed by atoms with Crippen LogP contribution in [0.4, 0.5) is 5.69 Å². The molecule has 0 atom stereocenters. The lowest BCUT2D eigenvalue weighted by atomic mass is 10.2. The summed E-state index contributed by atoms with van der Waals surface area (Å²) in [7, 11) is 0. The topological polar surface area (TPSA) is 90.4 Å². The Balaban J connectivity index is 1.35. The van der Waals surface area contributed by atoms with Gasteiger partial charge in [0, 0.05) is 16.3 Å². The number of carbonyl (C=O) groups excluding carboxylic acids is 1. The molecule has 4 aromatic rings. The Hall–Kier alpha value is -3.58. The lowest BCUT2D eigenvalue weighted by Gasteiger charge is -2.08. The van der Waals surface area contributed by atoms with E-state index in [9.17, 15) is 4.79 Å². The van der Waals surface area contributed by atoms with Crippen molar-refractivity contribution in [1.82, 2.24) is 10.2 Å². The Labute approximate surface area is 164 Å².